The van der Waals surface area contributed by atoms with Crippen LogP contribution in [0.25, 0.3) is 88.7 Å². The van der Waals surface area contributed by atoms with E-state index in [1.165, 1.54) is 88.7 Å². The normalized spacial score (nSPS) is 11.1. The fraction of sp³-hybridized carbons (Fsp3) is 0. The number of fused-ring (bicyclic) bond motifs is 1. The topological polar surface area (TPSA) is 3.24 Å². The number of hydrogen-bond acceptors (Lipinski definition) is 1. The Balaban J connectivity index is 0.968. The summed E-state index contributed by atoms with van der Waals surface area (Å²) in [6, 6.07) is 98.7. The molecule has 0 aliphatic rings. The zero-order valence-electron chi connectivity index (χ0n) is 35.9. The summed E-state index contributed by atoms with van der Waals surface area (Å²) in [5.74, 6) is 0. The van der Waals surface area contributed by atoms with Crippen LogP contribution in [0.2, 0.25) is 0 Å². The maximum Gasteiger partial charge on any atom is 0.0462 e. The molecule has 0 unspecified atom stereocenters. The molecule has 0 bridgehead atoms. The van der Waals surface area contributed by atoms with Crippen LogP contribution in [0.1, 0.15) is 0 Å². The molecule has 11 rings (SSSR count). The van der Waals surface area contributed by atoms with E-state index in [1.807, 2.05) is 0 Å². The molecule has 0 aromatic heterocycles. The van der Waals surface area contributed by atoms with E-state index in [0.717, 1.165) is 17.1 Å². The van der Waals surface area contributed by atoms with Gasteiger partial charge in [-0.1, -0.05) is 224 Å². The number of rotatable bonds is 10. The second-order valence-corrected chi connectivity index (χ2v) is 16.5. The van der Waals surface area contributed by atoms with Crippen molar-refractivity contribution in [1.82, 2.24) is 0 Å². The van der Waals surface area contributed by atoms with Crippen LogP contribution in [0, 0.1) is 0 Å². The molecule has 0 amide bonds. The van der Waals surface area contributed by atoms with Crippen molar-refractivity contribution < 1.29 is 0 Å². The van der Waals surface area contributed by atoms with Gasteiger partial charge in [0.05, 0.1) is 0 Å². The standard InChI is InChI=1S/C64H45N/c1-4-16-46(17-5-1)49-32-38-57(39-33-49)65(58-40-34-50(35-41-58)60-28-10-11-29-61(60)55-26-12-24-53(44-55)47-18-6-2-7-19-47)59-42-36-51(37-43-59)62-30-14-22-52-23-15-31-63(64(52)62)56-27-13-25-54(45-56)48-20-8-3-9-21-48/h1-45H. The lowest BCUT2D eigenvalue weighted by Crippen LogP contribution is -2.09. The monoisotopic (exact) mass is 827 g/mol. The Kier molecular flexibility index (Phi) is 10.7. The van der Waals surface area contributed by atoms with Crippen molar-refractivity contribution in [2.45, 2.75) is 0 Å². The van der Waals surface area contributed by atoms with Crippen LogP contribution in [-0.4, -0.2) is 0 Å². The summed E-state index contributed by atoms with van der Waals surface area (Å²) in [6.07, 6.45) is 0. The van der Waals surface area contributed by atoms with Gasteiger partial charge in [-0.25, -0.2) is 0 Å². The Morgan fingerprint density at radius 3 is 0.954 bits per heavy atom. The van der Waals surface area contributed by atoms with Crippen molar-refractivity contribution in [2.75, 3.05) is 4.90 Å². The summed E-state index contributed by atoms with van der Waals surface area (Å²) in [5.41, 5.74) is 20.1. The van der Waals surface area contributed by atoms with Gasteiger partial charge in [-0.05, 0) is 137 Å². The van der Waals surface area contributed by atoms with Gasteiger partial charge in [0.25, 0.3) is 0 Å². The first-order valence-corrected chi connectivity index (χ1v) is 22.3. The van der Waals surface area contributed by atoms with Crippen LogP contribution in [0.5, 0.6) is 0 Å². The molecular weight excluding hydrogens is 783 g/mol. The Hall–Kier alpha value is -8.52. The van der Waals surface area contributed by atoms with E-state index < -0.39 is 0 Å². The van der Waals surface area contributed by atoms with Gasteiger partial charge in [-0.15, -0.1) is 0 Å². The Bertz CT molecular complexity index is 3370. The van der Waals surface area contributed by atoms with Crippen molar-refractivity contribution in [3.63, 3.8) is 0 Å². The van der Waals surface area contributed by atoms with Gasteiger partial charge in [-0.2, -0.15) is 0 Å². The van der Waals surface area contributed by atoms with E-state index >= 15 is 0 Å². The lowest BCUT2D eigenvalue weighted by molar-refractivity contribution is 1.28. The van der Waals surface area contributed by atoms with Gasteiger partial charge < -0.3 is 4.90 Å². The van der Waals surface area contributed by atoms with E-state index in [4.69, 9.17) is 0 Å². The maximum atomic E-state index is 2.36. The van der Waals surface area contributed by atoms with Gasteiger partial charge in [0, 0.05) is 17.1 Å². The molecule has 306 valence electrons. The summed E-state index contributed by atoms with van der Waals surface area (Å²) in [5, 5.41) is 2.48. The van der Waals surface area contributed by atoms with Gasteiger partial charge >= 0.3 is 0 Å². The van der Waals surface area contributed by atoms with Crippen molar-refractivity contribution >= 4 is 27.8 Å². The molecule has 0 saturated heterocycles. The molecule has 0 heterocycles. The van der Waals surface area contributed by atoms with Gasteiger partial charge in [0.15, 0.2) is 0 Å². The summed E-state index contributed by atoms with van der Waals surface area (Å²) in [4.78, 5) is 2.36. The van der Waals surface area contributed by atoms with E-state index in [-0.39, 0.29) is 0 Å². The highest BCUT2D eigenvalue weighted by Gasteiger charge is 2.17. The molecule has 0 fully saturated rings. The van der Waals surface area contributed by atoms with E-state index in [9.17, 15) is 0 Å². The molecule has 1 heteroatoms. The number of benzene rings is 11. The molecule has 0 radical (unpaired) electrons. The molecule has 0 saturated carbocycles. The highest BCUT2D eigenvalue weighted by Crippen LogP contribution is 2.42. The smallest absolute Gasteiger partial charge is 0.0462 e. The molecule has 0 N–H and O–H groups in total. The average molecular weight is 828 g/mol. The zero-order valence-corrected chi connectivity index (χ0v) is 35.9. The fourth-order valence-corrected chi connectivity index (χ4v) is 9.26. The number of anilines is 3. The van der Waals surface area contributed by atoms with Gasteiger partial charge in [0.2, 0.25) is 0 Å². The first-order valence-electron chi connectivity index (χ1n) is 22.3. The third kappa shape index (κ3) is 8.04. The second-order valence-electron chi connectivity index (χ2n) is 16.5. The van der Waals surface area contributed by atoms with Crippen LogP contribution in [-0.2, 0) is 0 Å². The predicted octanol–water partition coefficient (Wildman–Crippen LogP) is 18.0. The molecule has 11 aromatic carbocycles. The Labute approximate surface area is 381 Å². The minimum atomic E-state index is 1.09. The van der Waals surface area contributed by atoms with Crippen LogP contribution in [0.15, 0.2) is 273 Å². The van der Waals surface area contributed by atoms with Crippen molar-refractivity contribution in [2.24, 2.45) is 0 Å². The SMILES string of the molecule is c1ccc(-c2ccc(N(c3ccc(-c4ccccc4-c4cccc(-c5ccccc5)c4)cc3)c3ccc(-c4cccc5cccc(-c6cccc(-c7ccccc7)c6)c45)cc3)cc2)cc1. The lowest BCUT2D eigenvalue weighted by Gasteiger charge is -2.26. The zero-order chi connectivity index (χ0) is 43.4. The molecule has 0 spiro atoms. The average Bonchev–Trinajstić information content (AvgIpc) is 3.40. The molecular formula is C64H45N. The minimum absolute atomic E-state index is 1.09. The van der Waals surface area contributed by atoms with Crippen LogP contribution >= 0.6 is 0 Å². The summed E-state index contributed by atoms with van der Waals surface area (Å²) in [6.45, 7) is 0. The third-order valence-corrected chi connectivity index (χ3v) is 12.5. The third-order valence-electron chi connectivity index (χ3n) is 12.5. The van der Waals surface area contributed by atoms with Crippen LogP contribution in [0.3, 0.4) is 0 Å². The van der Waals surface area contributed by atoms with Crippen LogP contribution in [0.4, 0.5) is 17.1 Å². The largest absolute Gasteiger partial charge is 0.311 e. The summed E-state index contributed by atoms with van der Waals surface area (Å²) < 4.78 is 0. The quantitative estimate of drug-likeness (QED) is 0.133. The summed E-state index contributed by atoms with van der Waals surface area (Å²) in [7, 11) is 0. The van der Waals surface area contributed by atoms with Crippen molar-refractivity contribution in [3.05, 3.63) is 273 Å². The molecule has 0 atom stereocenters. The molecule has 0 aliphatic heterocycles. The lowest BCUT2D eigenvalue weighted by atomic mass is 9.90. The van der Waals surface area contributed by atoms with Crippen molar-refractivity contribution in [1.29, 1.82) is 0 Å². The van der Waals surface area contributed by atoms with E-state index in [2.05, 4.69) is 278 Å². The molecule has 65 heavy (non-hydrogen) atoms. The van der Waals surface area contributed by atoms with Gasteiger partial charge in [-0.3, -0.25) is 0 Å². The first kappa shape index (κ1) is 39.3. The number of nitrogens with zero attached hydrogens (tertiary/aromatic N) is 1. The van der Waals surface area contributed by atoms with Crippen LogP contribution < -0.4 is 4.90 Å². The second kappa shape index (κ2) is 17.7. The van der Waals surface area contributed by atoms with Crippen molar-refractivity contribution in [3.8, 4) is 77.9 Å². The fourth-order valence-electron chi connectivity index (χ4n) is 9.26. The first-order chi connectivity index (χ1) is 32.2. The molecule has 1 nitrogen and oxygen atoms in total. The minimum Gasteiger partial charge on any atom is -0.311 e. The molecule has 11 aromatic rings. The highest BCUT2D eigenvalue weighted by atomic mass is 15.1. The predicted molar refractivity (Wildman–Crippen MR) is 277 cm³/mol. The maximum absolute atomic E-state index is 2.36. The van der Waals surface area contributed by atoms with E-state index in [1.54, 1.807) is 0 Å². The number of hydrogen-bond donors (Lipinski definition) is 0. The highest BCUT2D eigenvalue weighted by molar-refractivity contribution is 6.07. The Morgan fingerprint density at radius 1 is 0.185 bits per heavy atom. The Morgan fingerprint density at radius 2 is 0.477 bits per heavy atom. The molecule has 0 aliphatic carbocycles. The van der Waals surface area contributed by atoms with Gasteiger partial charge in [0.1, 0.15) is 0 Å². The van der Waals surface area contributed by atoms with E-state index in [0.29, 0.717) is 0 Å². The summed E-state index contributed by atoms with van der Waals surface area (Å²) >= 11 is 0.